The number of aromatic amines is 2. The third kappa shape index (κ3) is 3.72. The second kappa shape index (κ2) is 8.29. The Hall–Kier alpha value is -3.36. The van der Waals surface area contributed by atoms with Gasteiger partial charge in [-0.2, -0.15) is 5.10 Å². The van der Waals surface area contributed by atoms with Crippen molar-refractivity contribution >= 4 is 39.8 Å². The Morgan fingerprint density at radius 1 is 1.09 bits per heavy atom. The van der Waals surface area contributed by atoms with Gasteiger partial charge in [-0.15, -0.1) is 4.68 Å². The number of fused-ring (bicyclic) bond motifs is 3. The highest BCUT2D eigenvalue weighted by Crippen LogP contribution is 2.25. The van der Waals surface area contributed by atoms with Gasteiger partial charge < -0.3 is 14.7 Å². The molecule has 1 fully saturated rings. The van der Waals surface area contributed by atoms with Crippen LogP contribution in [-0.2, 0) is 6.54 Å². The predicted octanol–water partition coefficient (Wildman–Crippen LogP) is 3.31. The molecule has 0 spiro atoms. The van der Waals surface area contributed by atoms with E-state index in [4.69, 9.17) is 16.3 Å². The molecular weight excluding hydrogens is 430 g/mol. The van der Waals surface area contributed by atoms with Crippen molar-refractivity contribution in [1.29, 1.82) is 0 Å². The molecule has 0 unspecified atom stereocenters. The number of hydrogen-bond donors (Lipinski definition) is 2. The van der Waals surface area contributed by atoms with E-state index in [-0.39, 0.29) is 5.52 Å². The predicted molar refractivity (Wildman–Crippen MR) is 126 cm³/mol. The number of benzene rings is 2. The summed E-state index contributed by atoms with van der Waals surface area (Å²) in [5.74, 6) is 0.808. The fourth-order valence-corrected chi connectivity index (χ4v) is 4.40. The first-order chi connectivity index (χ1) is 15.5. The van der Waals surface area contributed by atoms with Crippen LogP contribution in [0.25, 0.3) is 21.9 Å². The molecule has 1 saturated heterocycles. The molecule has 1 aliphatic heterocycles. The van der Waals surface area contributed by atoms with Gasteiger partial charge in [0.15, 0.2) is 0 Å². The summed E-state index contributed by atoms with van der Waals surface area (Å²) in [6.07, 6.45) is 3.92. The van der Waals surface area contributed by atoms with E-state index in [9.17, 15) is 9.59 Å². The van der Waals surface area contributed by atoms with Crippen LogP contribution >= 0.6 is 11.6 Å². The highest BCUT2D eigenvalue weighted by atomic mass is 35.5. The number of nitrogens with zero attached hydrogens (tertiary/aromatic N) is 3. The molecule has 8 nitrogen and oxygen atoms in total. The van der Waals surface area contributed by atoms with Gasteiger partial charge in [0.05, 0.1) is 18.8 Å². The topological polar surface area (TPSA) is 95.5 Å². The molecule has 0 bridgehead atoms. The minimum atomic E-state index is -0.620. The lowest BCUT2D eigenvalue weighted by Crippen LogP contribution is -2.32. The number of hydrogen-bond acceptors (Lipinski definition) is 5. The van der Waals surface area contributed by atoms with E-state index in [2.05, 4.69) is 20.0 Å². The standard InChI is InChI=1S/C23H22ClN5O3/c1-32-19-7-4-14(10-15(19)13-28-8-2-3-9-28)12-25-29-22(30)21-20(27-23(29)31)17-11-16(24)5-6-18(17)26-21/h4-7,10-12,26H,2-3,8-9,13H2,1H3,(H,27,31)/b25-12-. The van der Waals surface area contributed by atoms with Crippen molar-refractivity contribution in [2.24, 2.45) is 5.10 Å². The third-order valence-corrected chi connectivity index (χ3v) is 6.05. The number of H-pyrrole nitrogens is 2. The fourth-order valence-electron chi connectivity index (χ4n) is 4.23. The summed E-state index contributed by atoms with van der Waals surface area (Å²) in [6, 6.07) is 10.9. The summed E-state index contributed by atoms with van der Waals surface area (Å²) in [7, 11) is 1.65. The monoisotopic (exact) mass is 451 g/mol. The van der Waals surface area contributed by atoms with E-state index < -0.39 is 11.2 Å². The van der Waals surface area contributed by atoms with Gasteiger partial charge in [0.2, 0.25) is 0 Å². The Balaban J connectivity index is 1.52. The molecule has 0 saturated carbocycles. The maximum atomic E-state index is 13.0. The molecule has 2 aromatic carbocycles. The molecule has 164 valence electrons. The van der Waals surface area contributed by atoms with E-state index in [0.29, 0.717) is 21.4 Å². The first-order valence-corrected chi connectivity index (χ1v) is 10.8. The lowest BCUT2D eigenvalue weighted by atomic mass is 10.1. The van der Waals surface area contributed by atoms with E-state index in [1.165, 1.54) is 19.1 Å². The highest BCUT2D eigenvalue weighted by Gasteiger charge is 2.15. The molecule has 5 rings (SSSR count). The number of ether oxygens (including phenoxy) is 1. The molecule has 1 aliphatic rings. The number of nitrogens with one attached hydrogen (secondary N) is 2. The maximum absolute atomic E-state index is 13.0. The average Bonchev–Trinajstić information content (AvgIpc) is 3.42. The lowest BCUT2D eigenvalue weighted by Gasteiger charge is -2.17. The number of aromatic nitrogens is 3. The third-order valence-electron chi connectivity index (χ3n) is 5.81. The van der Waals surface area contributed by atoms with Gasteiger partial charge in [-0.25, -0.2) is 4.79 Å². The Labute approximate surface area is 188 Å². The molecule has 2 N–H and O–H groups in total. The van der Waals surface area contributed by atoms with Crippen LogP contribution in [-0.4, -0.2) is 46.0 Å². The molecule has 4 aromatic rings. The molecule has 3 heterocycles. The normalized spacial score (nSPS) is 14.8. The van der Waals surface area contributed by atoms with Crippen LogP contribution in [0.15, 0.2) is 51.1 Å². The Morgan fingerprint density at radius 3 is 2.69 bits per heavy atom. The second-order valence-corrected chi connectivity index (χ2v) is 8.35. The Bertz CT molecular complexity index is 1460. The SMILES string of the molecule is COc1ccc(/C=N\n2c(=O)[nH]c3c([nH]c4ccc(Cl)cc43)c2=O)cc1CN1CCCC1. The van der Waals surface area contributed by atoms with Gasteiger partial charge in [0.1, 0.15) is 11.3 Å². The minimum absolute atomic E-state index is 0.267. The molecule has 0 radical (unpaired) electrons. The smallest absolute Gasteiger partial charge is 0.350 e. The van der Waals surface area contributed by atoms with Crippen LogP contribution < -0.4 is 16.0 Å². The van der Waals surface area contributed by atoms with Crippen molar-refractivity contribution in [2.45, 2.75) is 19.4 Å². The number of methoxy groups -OCH3 is 1. The molecule has 0 atom stereocenters. The number of likely N-dealkylation sites (tertiary alicyclic amines) is 1. The van der Waals surface area contributed by atoms with Gasteiger partial charge in [-0.3, -0.25) is 9.69 Å². The summed E-state index contributed by atoms with van der Waals surface area (Å²) < 4.78 is 6.33. The van der Waals surface area contributed by atoms with Crippen molar-refractivity contribution in [1.82, 2.24) is 19.5 Å². The highest BCUT2D eigenvalue weighted by molar-refractivity contribution is 6.31. The van der Waals surface area contributed by atoms with Crippen molar-refractivity contribution in [3.8, 4) is 5.75 Å². The van der Waals surface area contributed by atoms with Crippen LogP contribution in [0.1, 0.15) is 24.0 Å². The number of rotatable bonds is 5. The zero-order valence-electron chi connectivity index (χ0n) is 17.5. The zero-order valence-corrected chi connectivity index (χ0v) is 18.3. The van der Waals surface area contributed by atoms with Crippen LogP contribution in [0.3, 0.4) is 0 Å². The molecule has 9 heteroatoms. The van der Waals surface area contributed by atoms with Gasteiger partial charge in [-0.1, -0.05) is 11.6 Å². The fraction of sp³-hybridized carbons (Fsp3) is 0.261. The van der Waals surface area contributed by atoms with Crippen molar-refractivity contribution in [2.75, 3.05) is 20.2 Å². The van der Waals surface area contributed by atoms with Gasteiger partial charge in [0, 0.05) is 28.0 Å². The van der Waals surface area contributed by atoms with E-state index in [0.717, 1.165) is 41.2 Å². The maximum Gasteiger partial charge on any atom is 0.350 e. The first kappa shape index (κ1) is 20.5. The lowest BCUT2D eigenvalue weighted by molar-refractivity contribution is 0.321. The van der Waals surface area contributed by atoms with Crippen LogP contribution in [0.5, 0.6) is 5.75 Å². The largest absolute Gasteiger partial charge is 0.496 e. The summed E-state index contributed by atoms with van der Waals surface area (Å²) in [4.78, 5) is 33.7. The summed E-state index contributed by atoms with van der Waals surface area (Å²) in [6.45, 7) is 2.93. The first-order valence-electron chi connectivity index (χ1n) is 10.4. The minimum Gasteiger partial charge on any atom is -0.496 e. The van der Waals surface area contributed by atoms with Crippen LogP contribution in [0.2, 0.25) is 5.02 Å². The van der Waals surface area contributed by atoms with Crippen molar-refractivity contribution in [3.63, 3.8) is 0 Å². The van der Waals surface area contributed by atoms with Crippen LogP contribution in [0.4, 0.5) is 0 Å². The summed E-state index contributed by atoms with van der Waals surface area (Å²) >= 11 is 6.07. The zero-order chi connectivity index (χ0) is 22.2. The van der Waals surface area contributed by atoms with Gasteiger partial charge >= 0.3 is 11.2 Å². The molecular formula is C23H22ClN5O3. The second-order valence-electron chi connectivity index (χ2n) is 7.91. The summed E-state index contributed by atoms with van der Waals surface area (Å²) in [5.41, 5.74) is 2.06. The van der Waals surface area contributed by atoms with Crippen molar-refractivity contribution in [3.05, 3.63) is 73.4 Å². The van der Waals surface area contributed by atoms with E-state index in [1.54, 1.807) is 25.3 Å². The molecule has 32 heavy (non-hydrogen) atoms. The van der Waals surface area contributed by atoms with E-state index in [1.807, 2.05) is 18.2 Å². The molecule has 0 aliphatic carbocycles. The molecule has 0 amide bonds. The van der Waals surface area contributed by atoms with Crippen molar-refractivity contribution < 1.29 is 4.74 Å². The quantitative estimate of drug-likeness (QED) is 0.455. The summed E-state index contributed by atoms with van der Waals surface area (Å²) in [5, 5.41) is 5.38. The Morgan fingerprint density at radius 2 is 1.91 bits per heavy atom. The van der Waals surface area contributed by atoms with Gasteiger partial charge in [-0.05, 0) is 67.9 Å². The number of halogens is 1. The van der Waals surface area contributed by atoms with Gasteiger partial charge in [0.25, 0.3) is 0 Å². The Kier molecular flexibility index (Phi) is 5.32. The molecule has 2 aromatic heterocycles. The average molecular weight is 452 g/mol. The van der Waals surface area contributed by atoms with E-state index >= 15 is 0 Å². The van der Waals surface area contributed by atoms with Crippen LogP contribution in [0, 0.1) is 0 Å².